The van der Waals surface area contributed by atoms with Crippen molar-refractivity contribution in [3.8, 4) is 0 Å². The standard InChI is InChI=1S/C15H20N2O5/c1-11(18)12-3-4-14(15(9-12)17(19)20)16-6-8-22-7-5-13(16)10-21-2/h3-4,9,13H,5-8,10H2,1-2H3. The van der Waals surface area contributed by atoms with Crippen LogP contribution in [0.4, 0.5) is 11.4 Å². The predicted octanol–water partition coefficient (Wildman–Crippen LogP) is 2.04. The topological polar surface area (TPSA) is 81.9 Å². The Morgan fingerprint density at radius 1 is 1.50 bits per heavy atom. The Hall–Kier alpha value is -1.99. The Bertz CT molecular complexity index is 561. The van der Waals surface area contributed by atoms with Gasteiger partial charge in [0.25, 0.3) is 5.69 Å². The number of methoxy groups -OCH3 is 1. The van der Waals surface area contributed by atoms with Crippen LogP contribution in [0, 0.1) is 10.1 Å². The van der Waals surface area contributed by atoms with Gasteiger partial charge in [0, 0.05) is 31.9 Å². The summed E-state index contributed by atoms with van der Waals surface area (Å²) < 4.78 is 10.7. The van der Waals surface area contributed by atoms with Crippen LogP contribution in [0.3, 0.4) is 0 Å². The van der Waals surface area contributed by atoms with E-state index < -0.39 is 4.92 Å². The SMILES string of the molecule is COCC1CCOCCN1c1ccc(C(C)=O)cc1[N+](=O)[O-]. The number of hydrogen-bond acceptors (Lipinski definition) is 6. The van der Waals surface area contributed by atoms with Crippen LogP contribution in [-0.4, -0.2) is 50.2 Å². The van der Waals surface area contributed by atoms with Crippen LogP contribution >= 0.6 is 0 Å². The number of nitro groups is 1. The van der Waals surface area contributed by atoms with Gasteiger partial charge in [0.2, 0.25) is 0 Å². The highest BCUT2D eigenvalue weighted by Gasteiger charge is 2.28. The number of benzene rings is 1. The first-order valence-corrected chi connectivity index (χ1v) is 7.17. The van der Waals surface area contributed by atoms with Gasteiger partial charge in [-0.25, -0.2) is 0 Å². The van der Waals surface area contributed by atoms with Crippen LogP contribution in [0.2, 0.25) is 0 Å². The van der Waals surface area contributed by atoms with Crippen molar-refractivity contribution < 1.29 is 19.2 Å². The summed E-state index contributed by atoms with van der Waals surface area (Å²) >= 11 is 0. The highest BCUT2D eigenvalue weighted by molar-refractivity contribution is 5.95. The number of anilines is 1. The lowest BCUT2D eigenvalue weighted by atomic mass is 10.1. The van der Waals surface area contributed by atoms with Gasteiger partial charge in [0.05, 0.1) is 24.2 Å². The lowest BCUT2D eigenvalue weighted by Gasteiger charge is -2.30. The van der Waals surface area contributed by atoms with E-state index in [1.54, 1.807) is 19.2 Å². The van der Waals surface area contributed by atoms with E-state index in [1.807, 2.05) is 4.90 Å². The second-order valence-electron chi connectivity index (χ2n) is 5.22. The van der Waals surface area contributed by atoms with Crippen molar-refractivity contribution in [2.75, 3.05) is 38.4 Å². The van der Waals surface area contributed by atoms with Crippen molar-refractivity contribution in [3.63, 3.8) is 0 Å². The second kappa shape index (κ2) is 7.33. The molecule has 1 aromatic rings. The number of carbonyl (C=O) groups is 1. The largest absolute Gasteiger partial charge is 0.383 e. The summed E-state index contributed by atoms with van der Waals surface area (Å²) in [6.45, 7) is 3.52. The molecule has 0 amide bonds. The summed E-state index contributed by atoms with van der Waals surface area (Å²) in [7, 11) is 1.61. The number of ketones is 1. The molecule has 7 heteroatoms. The molecule has 1 heterocycles. The summed E-state index contributed by atoms with van der Waals surface area (Å²) in [5.74, 6) is -0.192. The molecule has 22 heavy (non-hydrogen) atoms. The first-order chi connectivity index (χ1) is 10.5. The Morgan fingerprint density at radius 3 is 2.91 bits per heavy atom. The van der Waals surface area contributed by atoms with Crippen molar-refractivity contribution in [2.24, 2.45) is 0 Å². The minimum atomic E-state index is -0.447. The van der Waals surface area contributed by atoms with E-state index in [0.29, 0.717) is 37.6 Å². The van der Waals surface area contributed by atoms with E-state index in [9.17, 15) is 14.9 Å². The summed E-state index contributed by atoms with van der Waals surface area (Å²) in [6, 6.07) is 4.62. The highest BCUT2D eigenvalue weighted by atomic mass is 16.6. The minimum absolute atomic E-state index is 0.00868. The third kappa shape index (κ3) is 3.61. The third-order valence-corrected chi connectivity index (χ3v) is 3.76. The zero-order valence-corrected chi connectivity index (χ0v) is 12.8. The number of Topliss-reactive ketones (excluding diaryl/α,β-unsaturated/α-hetero) is 1. The number of nitro benzene ring substituents is 1. The Labute approximate surface area is 129 Å². The van der Waals surface area contributed by atoms with E-state index in [4.69, 9.17) is 9.47 Å². The molecular formula is C15H20N2O5. The molecule has 1 fully saturated rings. The van der Waals surface area contributed by atoms with Gasteiger partial charge in [0.15, 0.2) is 5.78 Å². The smallest absolute Gasteiger partial charge is 0.293 e. The van der Waals surface area contributed by atoms with Crippen molar-refractivity contribution in [2.45, 2.75) is 19.4 Å². The lowest BCUT2D eigenvalue weighted by molar-refractivity contribution is -0.384. The third-order valence-electron chi connectivity index (χ3n) is 3.76. The summed E-state index contributed by atoms with van der Waals surface area (Å²) in [4.78, 5) is 24.3. The molecule has 120 valence electrons. The molecule has 1 unspecified atom stereocenters. The van der Waals surface area contributed by atoms with E-state index in [0.717, 1.165) is 6.42 Å². The maximum absolute atomic E-state index is 11.5. The number of ether oxygens (including phenoxy) is 2. The monoisotopic (exact) mass is 308 g/mol. The highest BCUT2D eigenvalue weighted by Crippen LogP contribution is 2.32. The van der Waals surface area contributed by atoms with Crippen molar-refractivity contribution in [3.05, 3.63) is 33.9 Å². The molecule has 1 aliphatic rings. The number of nitrogens with zero attached hydrogens (tertiary/aromatic N) is 2. The molecule has 0 saturated carbocycles. The Kier molecular flexibility index (Phi) is 5.46. The van der Waals surface area contributed by atoms with E-state index in [-0.39, 0.29) is 17.5 Å². The molecule has 0 aromatic heterocycles. The van der Waals surface area contributed by atoms with Crippen molar-refractivity contribution in [1.82, 2.24) is 0 Å². The Morgan fingerprint density at radius 2 is 2.27 bits per heavy atom. The minimum Gasteiger partial charge on any atom is -0.383 e. The van der Waals surface area contributed by atoms with Crippen LogP contribution in [0.15, 0.2) is 18.2 Å². The van der Waals surface area contributed by atoms with Gasteiger partial charge in [-0.15, -0.1) is 0 Å². The van der Waals surface area contributed by atoms with Gasteiger partial charge < -0.3 is 14.4 Å². The van der Waals surface area contributed by atoms with Gasteiger partial charge in [-0.3, -0.25) is 14.9 Å². The molecule has 0 spiro atoms. The zero-order chi connectivity index (χ0) is 16.1. The fourth-order valence-corrected chi connectivity index (χ4v) is 2.64. The van der Waals surface area contributed by atoms with Crippen LogP contribution in [-0.2, 0) is 9.47 Å². The quantitative estimate of drug-likeness (QED) is 0.470. The van der Waals surface area contributed by atoms with Gasteiger partial charge in [0.1, 0.15) is 5.69 Å². The molecule has 1 saturated heterocycles. The molecule has 1 aliphatic heterocycles. The maximum Gasteiger partial charge on any atom is 0.293 e. The van der Waals surface area contributed by atoms with E-state index >= 15 is 0 Å². The molecule has 0 N–H and O–H groups in total. The molecule has 7 nitrogen and oxygen atoms in total. The van der Waals surface area contributed by atoms with Crippen LogP contribution in [0.25, 0.3) is 0 Å². The summed E-state index contributed by atoms with van der Waals surface area (Å²) in [6.07, 6.45) is 0.736. The van der Waals surface area contributed by atoms with Gasteiger partial charge in [-0.05, 0) is 25.5 Å². The predicted molar refractivity (Wildman–Crippen MR) is 81.5 cm³/mol. The van der Waals surface area contributed by atoms with Crippen LogP contribution < -0.4 is 4.90 Å². The van der Waals surface area contributed by atoms with Gasteiger partial charge >= 0.3 is 0 Å². The average molecular weight is 308 g/mol. The molecule has 1 atom stereocenters. The normalized spacial score (nSPS) is 18.8. The van der Waals surface area contributed by atoms with Gasteiger partial charge in [-0.1, -0.05) is 0 Å². The lowest BCUT2D eigenvalue weighted by Crippen LogP contribution is -2.39. The van der Waals surface area contributed by atoms with Crippen molar-refractivity contribution in [1.29, 1.82) is 0 Å². The second-order valence-corrected chi connectivity index (χ2v) is 5.22. The number of rotatable bonds is 5. The fraction of sp³-hybridized carbons (Fsp3) is 0.533. The fourth-order valence-electron chi connectivity index (χ4n) is 2.64. The van der Waals surface area contributed by atoms with Gasteiger partial charge in [-0.2, -0.15) is 0 Å². The maximum atomic E-state index is 11.5. The van der Waals surface area contributed by atoms with Crippen molar-refractivity contribution >= 4 is 17.2 Å². The molecule has 0 radical (unpaired) electrons. The Balaban J connectivity index is 2.43. The molecule has 0 bridgehead atoms. The molecule has 0 aliphatic carbocycles. The first-order valence-electron chi connectivity index (χ1n) is 7.17. The summed E-state index contributed by atoms with van der Waals surface area (Å²) in [5, 5.41) is 11.4. The van der Waals surface area contributed by atoms with Crippen LogP contribution in [0.1, 0.15) is 23.7 Å². The first kappa shape index (κ1) is 16.4. The molecule has 1 aromatic carbocycles. The number of hydrogen-bond donors (Lipinski definition) is 0. The zero-order valence-electron chi connectivity index (χ0n) is 12.8. The van der Waals surface area contributed by atoms with E-state index in [2.05, 4.69) is 0 Å². The number of carbonyl (C=O) groups excluding carboxylic acids is 1. The van der Waals surface area contributed by atoms with E-state index in [1.165, 1.54) is 13.0 Å². The molecular weight excluding hydrogens is 288 g/mol. The summed E-state index contributed by atoms with van der Waals surface area (Å²) in [5.41, 5.74) is 0.781. The average Bonchev–Trinajstić information content (AvgIpc) is 2.72. The molecule has 2 rings (SSSR count). The van der Waals surface area contributed by atoms with Crippen LogP contribution in [0.5, 0.6) is 0 Å².